The van der Waals surface area contributed by atoms with Gasteiger partial charge >= 0.3 is 0 Å². The van der Waals surface area contributed by atoms with E-state index in [4.69, 9.17) is 4.74 Å². The van der Waals surface area contributed by atoms with Crippen LogP contribution < -0.4 is 10.1 Å². The molecule has 2 aromatic rings. The minimum Gasteiger partial charge on any atom is -0.497 e. The Labute approximate surface area is 142 Å². The lowest BCUT2D eigenvalue weighted by Crippen LogP contribution is -2.44. The molecule has 0 spiro atoms. The van der Waals surface area contributed by atoms with E-state index in [9.17, 15) is 4.39 Å². The summed E-state index contributed by atoms with van der Waals surface area (Å²) in [6, 6.07) is 11.1. The first-order chi connectivity index (χ1) is 11.6. The molecule has 0 radical (unpaired) electrons. The third-order valence-electron chi connectivity index (χ3n) is 4.56. The number of methoxy groups -OCH3 is 1. The molecular formula is C19H24FN3O. The van der Waals surface area contributed by atoms with Crippen LogP contribution in [-0.2, 0) is 6.54 Å². The van der Waals surface area contributed by atoms with Gasteiger partial charge in [0.15, 0.2) is 0 Å². The lowest BCUT2D eigenvalue weighted by Gasteiger charge is -2.37. The quantitative estimate of drug-likeness (QED) is 0.910. The van der Waals surface area contributed by atoms with Gasteiger partial charge in [0.2, 0.25) is 0 Å². The average molecular weight is 329 g/mol. The highest BCUT2D eigenvalue weighted by atomic mass is 19.1. The number of aromatic nitrogens is 1. The zero-order chi connectivity index (χ0) is 16.9. The van der Waals surface area contributed by atoms with E-state index in [0.717, 1.165) is 37.4 Å². The van der Waals surface area contributed by atoms with Gasteiger partial charge in [-0.15, -0.1) is 0 Å². The van der Waals surface area contributed by atoms with Gasteiger partial charge in [0, 0.05) is 49.7 Å². The van der Waals surface area contributed by atoms with E-state index < -0.39 is 0 Å². The Morgan fingerprint density at radius 2 is 2.21 bits per heavy atom. The predicted molar refractivity (Wildman–Crippen MR) is 93.7 cm³/mol. The fraction of sp³-hybridized carbons (Fsp3) is 0.421. The molecule has 0 amide bonds. The molecule has 1 aliphatic heterocycles. The number of pyridine rings is 1. The maximum Gasteiger partial charge on any atom is 0.128 e. The number of benzene rings is 1. The van der Waals surface area contributed by atoms with Crippen molar-refractivity contribution in [1.82, 2.24) is 9.88 Å². The maximum absolute atomic E-state index is 13.6. The molecule has 1 aromatic carbocycles. The van der Waals surface area contributed by atoms with Gasteiger partial charge in [0.05, 0.1) is 12.8 Å². The van der Waals surface area contributed by atoms with E-state index in [1.54, 1.807) is 7.11 Å². The molecule has 2 atom stereocenters. The van der Waals surface area contributed by atoms with Crippen molar-refractivity contribution in [3.8, 4) is 5.75 Å². The highest BCUT2D eigenvalue weighted by Gasteiger charge is 2.26. The maximum atomic E-state index is 13.6. The number of anilines is 1. The minimum absolute atomic E-state index is 0.280. The molecular weight excluding hydrogens is 305 g/mol. The SMILES string of the molecule is COc1cc(F)cc(N[C@H]2CCN(Cc3ccccn3)C[C@H]2C)c1. The Kier molecular flexibility index (Phi) is 5.30. The Morgan fingerprint density at radius 3 is 2.92 bits per heavy atom. The minimum atomic E-state index is -0.280. The number of ether oxygens (including phenoxy) is 1. The fourth-order valence-electron chi connectivity index (χ4n) is 3.29. The summed E-state index contributed by atoms with van der Waals surface area (Å²) in [5.74, 6) is 0.728. The number of hydrogen-bond donors (Lipinski definition) is 1. The van der Waals surface area contributed by atoms with Gasteiger partial charge in [-0.25, -0.2) is 4.39 Å². The lowest BCUT2D eigenvalue weighted by atomic mass is 9.93. The van der Waals surface area contributed by atoms with Gasteiger partial charge in [-0.3, -0.25) is 9.88 Å². The normalized spacial score (nSPS) is 21.5. The Bertz CT molecular complexity index is 665. The van der Waals surface area contributed by atoms with E-state index >= 15 is 0 Å². The van der Waals surface area contributed by atoms with E-state index in [2.05, 4.69) is 28.2 Å². The summed E-state index contributed by atoms with van der Waals surface area (Å²) >= 11 is 0. The van der Waals surface area contributed by atoms with Crippen molar-refractivity contribution in [3.63, 3.8) is 0 Å². The summed E-state index contributed by atoms with van der Waals surface area (Å²) in [5, 5.41) is 3.47. The number of likely N-dealkylation sites (tertiary alicyclic amines) is 1. The number of nitrogens with one attached hydrogen (secondary N) is 1. The molecule has 0 unspecified atom stereocenters. The van der Waals surface area contributed by atoms with Gasteiger partial charge in [-0.2, -0.15) is 0 Å². The second kappa shape index (κ2) is 7.62. The molecule has 24 heavy (non-hydrogen) atoms. The Morgan fingerprint density at radius 1 is 1.33 bits per heavy atom. The molecule has 5 heteroatoms. The highest BCUT2D eigenvalue weighted by molar-refractivity contribution is 5.49. The van der Waals surface area contributed by atoms with Crippen molar-refractivity contribution in [1.29, 1.82) is 0 Å². The Hall–Kier alpha value is -2.14. The third kappa shape index (κ3) is 4.23. The monoisotopic (exact) mass is 329 g/mol. The van der Waals surface area contributed by atoms with E-state index in [1.165, 1.54) is 12.1 Å². The molecule has 3 rings (SSSR count). The molecule has 1 saturated heterocycles. The van der Waals surface area contributed by atoms with Crippen LogP contribution in [-0.4, -0.2) is 36.1 Å². The van der Waals surface area contributed by atoms with Gasteiger partial charge < -0.3 is 10.1 Å². The first kappa shape index (κ1) is 16.7. The first-order valence-electron chi connectivity index (χ1n) is 8.37. The molecule has 1 aliphatic rings. The van der Waals surface area contributed by atoms with Crippen molar-refractivity contribution < 1.29 is 9.13 Å². The highest BCUT2D eigenvalue weighted by Crippen LogP contribution is 2.25. The summed E-state index contributed by atoms with van der Waals surface area (Å²) in [5.41, 5.74) is 1.88. The van der Waals surface area contributed by atoms with Crippen molar-refractivity contribution in [2.75, 3.05) is 25.5 Å². The van der Waals surface area contributed by atoms with Crippen molar-refractivity contribution in [3.05, 3.63) is 54.1 Å². The second-order valence-electron chi connectivity index (χ2n) is 6.45. The van der Waals surface area contributed by atoms with Crippen LogP contribution >= 0.6 is 0 Å². The summed E-state index contributed by atoms with van der Waals surface area (Å²) in [6.45, 7) is 5.12. The molecule has 2 heterocycles. The second-order valence-corrected chi connectivity index (χ2v) is 6.45. The molecule has 0 aliphatic carbocycles. The van der Waals surface area contributed by atoms with E-state index in [1.807, 2.05) is 24.4 Å². The molecule has 1 aromatic heterocycles. The van der Waals surface area contributed by atoms with Crippen molar-refractivity contribution in [2.24, 2.45) is 5.92 Å². The van der Waals surface area contributed by atoms with Gasteiger partial charge in [0.25, 0.3) is 0 Å². The van der Waals surface area contributed by atoms with Crippen LogP contribution in [0.25, 0.3) is 0 Å². The third-order valence-corrected chi connectivity index (χ3v) is 4.56. The topological polar surface area (TPSA) is 37.4 Å². The first-order valence-corrected chi connectivity index (χ1v) is 8.37. The van der Waals surface area contributed by atoms with Crippen LogP contribution in [0.1, 0.15) is 19.0 Å². The summed E-state index contributed by atoms with van der Waals surface area (Å²) < 4.78 is 18.8. The molecule has 128 valence electrons. The summed E-state index contributed by atoms with van der Waals surface area (Å²) in [7, 11) is 1.55. The average Bonchev–Trinajstić information content (AvgIpc) is 2.58. The number of halogens is 1. The van der Waals surface area contributed by atoms with Crippen molar-refractivity contribution >= 4 is 5.69 Å². The predicted octanol–water partition coefficient (Wildman–Crippen LogP) is 3.55. The number of hydrogen-bond acceptors (Lipinski definition) is 4. The standard InChI is InChI=1S/C19H24FN3O/c1-14-12-23(13-16-5-3-4-7-21-16)8-6-19(14)22-17-9-15(20)10-18(11-17)24-2/h3-5,7,9-11,14,19,22H,6,8,12-13H2,1-2H3/t14-,19+/m1/s1. The van der Waals surface area contributed by atoms with Crippen LogP contribution in [0.4, 0.5) is 10.1 Å². The summed E-state index contributed by atoms with van der Waals surface area (Å²) in [4.78, 5) is 6.83. The summed E-state index contributed by atoms with van der Waals surface area (Å²) in [6.07, 6.45) is 2.86. The molecule has 0 saturated carbocycles. The van der Waals surface area contributed by atoms with Crippen LogP contribution in [0.15, 0.2) is 42.6 Å². The van der Waals surface area contributed by atoms with Gasteiger partial charge in [0.1, 0.15) is 11.6 Å². The van der Waals surface area contributed by atoms with Crippen molar-refractivity contribution in [2.45, 2.75) is 25.9 Å². The van der Waals surface area contributed by atoms with Crippen LogP contribution in [0, 0.1) is 11.7 Å². The van der Waals surface area contributed by atoms with Gasteiger partial charge in [-0.05, 0) is 30.5 Å². The Balaban J connectivity index is 1.59. The molecule has 0 bridgehead atoms. The zero-order valence-corrected chi connectivity index (χ0v) is 14.2. The van der Waals surface area contributed by atoms with Gasteiger partial charge in [-0.1, -0.05) is 13.0 Å². The fourth-order valence-corrected chi connectivity index (χ4v) is 3.29. The molecule has 1 N–H and O–H groups in total. The zero-order valence-electron chi connectivity index (χ0n) is 14.2. The number of rotatable bonds is 5. The molecule has 4 nitrogen and oxygen atoms in total. The molecule has 1 fully saturated rings. The van der Waals surface area contributed by atoms with E-state index in [-0.39, 0.29) is 5.82 Å². The largest absolute Gasteiger partial charge is 0.497 e. The van der Waals surface area contributed by atoms with Crippen LogP contribution in [0.3, 0.4) is 0 Å². The van der Waals surface area contributed by atoms with E-state index in [0.29, 0.717) is 17.7 Å². The van der Waals surface area contributed by atoms with Crippen LogP contribution in [0.5, 0.6) is 5.75 Å². The number of nitrogens with zero attached hydrogens (tertiary/aromatic N) is 2. The van der Waals surface area contributed by atoms with Crippen LogP contribution in [0.2, 0.25) is 0 Å². The number of piperidine rings is 1. The smallest absolute Gasteiger partial charge is 0.128 e. The lowest BCUT2D eigenvalue weighted by molar-refractivity contribution is 0.163.